The summed E-state index contributed by atoms with van der Waals surface area (Å²) in [5.74, 6) is 1.01. The average molecular weight is 518 g/mol. The van der Waals surface area contributed by atoms with Gasteiger partial charge in [0.05, 0.1) is 12.1 Å². The van der Waals surface area contributed by atoms with Crippen LogP contribution in [0.15, 0.2) is 24.3 Å². The van der Waals surface area contributed by atoms with Gasteiger partial charge >= 0.3 is 0 Å². The Kier molecular flexibility index (Phi) is 7.23. The number of benzene rings is 1. The molecule has 35 heavy (non-hydrogen) atoms. The summed E-state index contributed by atoms with van der Waals surface area (Å²) in [6, 6.07) is 8.74. The van der Waals surface area contributed by atoms with Crippen LogP contribution in [-0.4, -0.2) is 47.1 Å². The fourth-order valence-electron chi connectivity index (χ4n) is 5.19. The van der Waals surface area contributed by atoms with Crippen LogP contribution in [0.3, 0.4) is 0 Å². The average Bonchev–Trinajstić information content (AvgIpc) is 3.23. The number of hydrogen-bond acceptors (Lipinski definition) is 7. The number of nitrogens with zero attached hydrogens (tertiary/aromatic N) is 3. The van der Waals surface area contributed by atoms with Crippen LogP contribution in [0, 0.1) is 5.92 Å². The molecule has 0 spiro atoms. The molecule has 1 saturated carbocycles. The molecular formula is C26H40ClN5O2Si. The van der Waals surface area contributed by atoms with Crippen LogP contribution in [0.2, 0.25) is 23.4 Å². The number of anilines is 2. The quantitative estimate of drug-likeness (QED) is 0.392. The SMILES string of the molecule is CC1(C)C[C@@H](Nc2nc(Cl)nc(N[C@H]3C[C@@H](CO)[C@H](O[Si](C)(C)C(C)(C)C)C3)n2)c2ccccc21. The predicted octanol–water partition coefficient (Wildman–Crippen LogP) is 5.93. The molecule has 1 aromatic heterocycles. The first-order chi connectivity index (χ1) is 16.3. The van der Waals surface area contributed by atoms with Crippen molar-refractivity contribution in [3.63, 3.8) is 0 Å². The molecule has 7 nitrogen and oxygen atoms in total. The Morgan fingerprint density at radius 1 is 1.09 bits per heavy atom. The monoisotopic (exact) mass is 517 g/mol. The molecule has 2 aliphatic rings. The number of hydrogen-bond donors (Lipinski definition) is 3. The summed E-state index contributed by atoms with van der Waals surface area (Å²) in [5, 5.41) is 17.2. The van der Waals surface area contributed by atoms with Crippen LogP contribution < -0.4 is 10.6 Å². The summed E-state index contributed by atoms with van der Waals surface area (Å²) in [6.45, 7) is 15.9. The summed E-state index contributed by atoms with van der Waals surface area (Å²) >= 11 is 6.30. The lowest BCUT2D eigenvalue weighted by Gasteiger charge is -2.39. The van der Waals surface area contributed by atoms with E-state index in [0.29, 0.717) is 11.9 Å². The Morgan fingerprint density at radius 2 is 1.74 bits per heavy atom. The smallest absolute Gasteiger partial charge is 0.229 e. The molecule has 0 unspecified atom stereocenters. The van der Waals surface area contributed by atoms with Gasteiger partial charge in [-0.05, 0) is 65.5 Å². The first kappa shape index (κ1) is 26.3. The number of aliphatic hydroxyl groups is 1. The normalized spacial score (nSPS) is 26.0. The second-order valence-corrected chi connectivity index (χ2v) is 17.4. The Balaban J connectivity index is 1.46. The standard InChI is InChI=1S/C26H40ClN5O2Si/c1-25(2,3)35(6,7)34-21-13-17(12-16(21)15-33)28-23-30-22(27)31-24(32-23)29-20-14-26(4,5)19-11-9-8-10-18(19)20/h8-11,16-17,20-21,33H,12-15H2,1-7H3,(H2,28,29,30,31,32)/t16-,17-,20+,21+/m0/s1. The second kappa shape index (κ2) is 9.61. The van der Waals surface area contributed by atoms with Crippen molar-refractivity contribution in [3.8, 4) is 0 Å². The van der Waals surface area contributed by atoms with Crippen molar-refractivity contribution >= 4 is 31.8 Å². The molecule has 1 fully saturated rings. The molecular weight excluding hydrogens is 478 g/mol. The molecule has 0 amide bonds. The highest BCUT2D eigenvalue weighted by molar-refractivity contribution is 6.74. The molecule has 0 bridgehead atoms. The molecule has 2 aromatic rings. The molecule has 4 rings (SSSR count). The number of halogens is 1. The first-order valence-electron chi connectivity index (χ1n) is 12.6. The van der Waals surface area contributed by atoms with Crippen molar-refractivity contribution in [2.24, 2.45) is 5.92 Å². The van der Waals surface area contributed by atoms with E-state index in [1.165, 1.54) is 11.1 Å². The number of aliphatic hydroxyl groups excluding tert-OH is 1. The van der Waals surface area contributed by atoms with Gasteiger partial charge in [-0.3, -0.25) is 0 Å². The van der Waals surface area contributed by atoms with Gasteiger partial charge in [0, 0.05) is 18.6 Å². The van der Waals surface area contributed by atoms with Gasteiger partial charge in [0.15, 0.2) is 8.32 Å². The van der Waals surface area contributed by atoms with E-state index >= 15 is 0 Å². The zero-order valence-electron chi connectivity index (χ0n) is 22.0. The Bertz CT molecular complexity index is 1060. The Morgan fingerprint density at radius 3 is 2.40 bits per heavy atom. The van der Waals surface area contributed by atoms with Crippen LogP contribution in [0.1, 0.15) is 71.0 Å². The minimum absolute atomic E-state index is 0.0190. The predicted molar refractivity (Wildman–Crippen MR) is 145 cm³/mol. The zero-order valence-corrected chi connectivity index (χ0v) is 23.8. The molecule has 3 N–H and O–H groups in total. The van der Waals surface area contributed by atoms with Crippen molar-refractivity contribution in [3.05, 3.63) is 40.7 Å². The molecule has 1 aromatic carbocycles. The van der Waals surface area contributed by atoms with Crippen LogP contribution in [-0.2, 0) is 9.84 Å². The minimum Gasteiger partial charge on any atom is -0.413 e. The van der Waals surface area contributed by atoms with Gasteiger partial charge in [-0.25, -0.2) is 0 Å². The third kappa shape index (κ3) is 5.66. The maximum absolute atomic E-state index is 10.0. The van der Waals surface area contributed by atoms with Gasteiger partial charge in [0.25, 0.3) is 0 Å². The maximum atomic E-state index is 10.0. The first-order valence-corrected chi connectivity index (χ1v) is 15.9. The van der Waals surface area contributed by atoms with E-state index in [9.17, 15) is 5.11 Å². The maximum Gasteiger partial charge on any atom is 0.229 e. The largest absolute Gasteiger partial charge is 0.413 e. The molecule has 9 heteroatoms. The molecule has 192 valence electrons. The number of nitrogens with one attached hydrogen (secondary N) is 2. The van der Waals surface area contributed by atoms with Crippen molar-refractivity contribution < 1.29 is 9.53 Å². The van der Waals surface area contributed by atoms with Gasteiger partial charge in [-0.2, -0.15) is 15.0 Å². The lowest BCUT2D eigenvalue weighted by atomic mass is 9.86. The highest BCUT2D eigenvalue weighted by Gasteiger charge is 2.44. The van der Waals surface area contributed by atoms with Gasteiger partial charge in [0.2, 0.25) is 17.2 Å². The number of rotatable bonds is 7. The van der Waals surface area contributed by atoms with E-state index in [1.54, 1.807) is 0 Å². The second-order valence-electron chi connectivity index (χ2n) is 12.3. The molecule has 4 atom stereocenters. The van der Waals surface area contributed by atoms with Crippen LogP contribution >= 0.6 is 11.6 Å². The van der Waals surface area contributed by atoms with Crippen molar-refractivity contribution in [1.82, 2.24) is 15.0 Å². The minimum atomic E-state index is -1.94. The fraction of sp³-hybridized carbons (Fsp3) is 0.654. The molecule has 0 radical (unpaired) electrons. The molecule has 2 aliphatic carbocycles. The topological polar surface area (TPSA) is 92.2 Å². The number of fused-ring (bicyclic) bond motifs is 1. The summed E-state index contributed by atoms with van der Waals surface area (Å²) in [5.41, 5.74) is 2.70. The van der Waals surface area contributed by atoms with E-state index in [1.807, 2.05) is 0 Å². The van der Waals surface area contributed by atoms with Crippen molar-refractivity contribution in [2.75, 3.05) is 17.2 Å². The van der Waals surface area contributed by atoms with E-state index < -0.39 is 8.32 Å². The summed E-state index contributed by atoms with van der Waals surface area (Å²) in [4.78, 5) is 13.3. The van der Waals surface area contributed by atoms with Gasteiger partial charge < -0.3 is 20.2 Å². The molecule has 1 heterocycles. The highest BCUT2D eigenvalue weighted by Crippen LogP contribution is 2.45. The van der Waals surface area contributed by atoms with Gasteiger partial charge in [0.1, 0.15) is 0 Å². The van der Waals surface area contributed by atoms with Crippen molar-refractivity contribution in [1.29, 1.82) is 0 Å². The van der Waals surface area contributed by atoms with Crippen LogP contribution in [0.25, 0.3) is 0 Å². The third-order valence-corrected chi connectivity index (χ3v) is 12.8. The molecule has 0 aliphatic heterocycles. The number of aromatic nitrogens is 3. The third-order valence-electron chi connectivity index (χ3n) is 8.14. The van der Waals surface area contributed by atoms with Crippen LogP contribution in [0.5, 0.6) is 0 Å². The van der Waals surface area contributed by atoms with E-state index in [2.05, 4.69) is 97.6 Å². The lowest BCUT2D eigenvalue weighted by Crippen LogP contribution is -2.45. The summed E-state index contributed by atoms with van der Waals surface area (Å²) in [6.07, 6.45) is 2.57. The van der Waals surface area contributed by atoms with E-state index in [4.69, 9.17) is 16.0 Å². The Labute approximate surface area is 215 Å². The van der Waals surface area contributed by atoms with Gasteiger partial charge in [-0.15, -0.1) is 0 Å². The van der Waals surface area contributed by atoms with E-state index in [0.717, 1.165) is 19.3 Å². The fourth-order valence-corrected chi connectivity index (χ4v) is 6.75. The molecule has 0 saturated heterocycles. The summed E-state index contributed by atoms with van der Waals surface area (Å²) < 4.78 is 6.67. The van der Waals surface area contributed by atoms with E-state index in [-0.39, 0.29) is 46.4 Å². The summed E-state index contributed by atoms with van der Waals surface area (Å²) in [7, 11) is -1.94. The van der Waals surface area contributed by atoms with Crippen molar-refractivity contribution in [2.45, 2.75) is 95.6 Å². The van der Waals surface area contributed by atoms with Gasteiger partial charge in [-0.1, -0.05) is 58.9 Å². The zero-order chi connectivity index (χ0) is 25.6. The highest BCUT2D eigenvalue weighted by atomic mass is 35.5. The Hall–Kier alpha value is -1.74. The lowest BCUT2D eigenvalue weighted by molar-refractivity contribution is 0.0980. The van der Waals surface area contributed by atoms with Crippen LogP contribution in [0.4, 0.5) is 11.9 Å².